The van der Waals surface area contributed by atoms with Crippen LogP contribution in [-0.4, -0.2) is 32.3 Å². The number of rotatable bonds is 7. The third-order valence-electron chi connectivity index (χ3n) is 3.99. The average molecular weight is 371 g/mol. The second-order valence-electron chi connectivity index (χ2n) is 11.2. The van der Waals surface area contributed by atoms with Crippen LogP contribution in [0.1, 0.15) is 0 Å². The molecular formula is C18H42Si4. The van der Waals surface area contributed by atoms with Gasteiger partial charge in [-0.05, 0) is 11.1 Å². The van der Waals surface area contributed by atoms with Crippen molar-refractivity contribution in [1.82, 2.24) is 0 Å². The first kappa shape index (κ1) is 22.3. The van der Waals surface area contributed by atoms with E-state index in [0.29, 0.717) is 0 Å². The lowest BCUT2D eigenvalue weighted by atomic mass is 10.3. The van der Waals surface area contributed by atoms with Crippen LogP contribution < -0.4 is 0 Å². The lowest BCUT2D eigenvalue weighted by Crippen LogP contribution is -2.39. The second kappa shape index (κ2) is 7.49. The summed E-state index contributed by atoms with van der Waals surface area (Å²) in [5.41, 5.74) is 6.79. The summed E-state index contributed by atoms with van der Waals surface area (Å²) in [4.78, 5) is 0. The highest BCUT2D eigenvalue weighted by Crippen LogP contribution is 2.43. The molecule has 2 atom stereocenters. The van der Waals surface area contributed by atoms with Crippen LogP contribution in [0.5, 0.6) is 0 Å². The maximum Gasteiger partial charge on any atom is 0.0682 e. The van der Waals surface area contributed by atoms with Crippen molar-refractivity contribution in [2.45, 2.75) is 89.6 Å². The standard InChI is InChI=1S/C18H42Si4/c1-19(2,3)15-13-17(21(7,8)9)18(22(10,11)12)14-16-20(4,5)6/h13-18H,1-12H3/b15-13+,16-14+/t17-,18+. The quantitative estimate of drug-likeness (QED) is 0.413. The minimum absolute atomic E-state index is 0.790. The Hall–Kier alpha value is 0.348. The zero-order chi connectivity index (χ0) is 18.0. The smallest absolute Gasteiger partial charge is 0.0682 e. The van der Waals surface area contributed by atoms with Crippen molar-refractivity contribution >= 4 is 32.3 Å². The number of hydrogen-bond donors (Lipinski definition) is 0. The van der Waals surface area contributed by atoms with E-state index in [1.807, 2.05) is 0 Å². The van der Waals surface area contributed by atoms with Crippen molar-refractivity contribution in [2.24, 2.45) is 0 Å². The second-order valence-corrected chi connectivity index (χ2v) is 32.2. The molecule has 22 heavy (non-hydrogen) atoms. The van der Waals surface area contributed by atoms with Gasteiger partial charge in [0.2, 0.25) is 0 Å². The fraction of sp³-hybridized carbons (Fsp3) is 0.778. The van der Waals surface area contributed by atoms with Gasteiger partial charge in [-0.2, -0.15) is 0 Å². The van der Waals surface area contributed by atoms with Crippen LogP contribution in [0.3, 0.4) is 0 Å². The first-order valence-electron chi connectivity index (χ1n) is 8.82. The van der Waals surface area contributed by atoms with Crippen LogP contribution in [-0.2, 0) is 0 Å². The summed E-state index contributed by atoms with van der Waals surface area (Å²) in [6, 6.07) is 0. The Labute approximate surface area is 145 Å². The van der Waals surface area contributed by atoms with Crippen molar-refractivity contribution in [1.29, 1.82) is 0 Å². The van der Waals surface area contributed by atoms with Gasteiger partial charge in [0.25, 0.3) is 0 Å². The fourth-order valence-electron chi connectivity index (χ4n) is 2.68. The minimum atomic E-state index is -1.22. The predicted octanol–water partition coefficient (Wildman–Crippen LogP) is 7.27. The van der Waals surface area contributed by atoms with Gasteiger partial charge in [-0.15, -0.1) is 0 Å². The monoisotopic (exact) mass is 370 g/mol. The zero-order valence-electron chi connectivity index (χ0n) is 17.5. The lowest BCUT2D eigenvalue weighted by Gasteiger charge is -2.40. The molecule has 0 nitrogen and oxygen atoms in total. The number of allylic oxidation sites excluding steroid dienone is 2. The number of hydrogen-bond acceptors (Lipinski definition) is 0. The van der Waals surface area contributed by atoms with Crippen molar-refractivity contribution in [2.75, 3.05) is 0 Å². The van der Waals surface area contributed by atoms with Crippen LogP contribution in [0.25, 0.3) is 0 Å². The van der Waals surface area contributed by atoms with Gasteiger partial charge < -0.3 is 0 Å². The molecule has 0 radical (unpaired) electrons. The van der Waals surface area contributed by atoms with Crippen LogP contribution >= 0.6 is 0 Å². The summed E-state index contributed by atoms with van der Waals surface area (Å²) in [6.45, 7) is 30.0. The van der Waals surface area contributed by atoms with Gasteiger partial charge in [0.1, 0.15) is 0 Å². The molecule has 0 saturated heterocycles. The molecule has 0 bridgehead atoms. The van der Waals surface area contributed by atoms with Crippen molar-refractivity contribution in [3.63, 3.8) is 0 Å². The van der Waals surface area contributed by atoms with E-state index in [1.54, 1.807) is 0 Å². The Morgan fingerprint density at radius 2 is 0.682 bits per heavy atom. The topological polar surface area (TPSA) is 0 Å². The predicted molar refractivity (Wildman–Crippen MR) is 119 cm³/mol. The summed E-state index contributed by atoms with van der Waals surface area (Å²) in [5, 5.41) is 0. The van der Waals surface area contributed by atoms with Crippen molar-refractivity contribution < 1.29 is 0 Å². The Bertz CT molecular complexity index is 355. The van der Waals surface area contributed by atoms with Gasteiger partial charge in [-0.25, -0.2) is 0 Å². The fourth-order valence-corrected chi connectivity index (χ4v) is 11.4. The largest absolute Gasteiger partial charge is 0.0989 e. The van der Waals surface area contributed by atoms with Gasteiger partial charge in [-0.3, -0.25) is 0 Å². The molecule has 0 aliphatic rings. The lowest BCUT2D eigenvalue weighted by molar-refractivity contribution is 0.945. The van der Waals surface area contributed by atoms with Gasteiger partial charge >= 0.3 is 0 Å². The molecule has 0 aromatic rings. The van der Waals surface area contributed by atoms with Crippen molar-refractivity contribution in [3.8, 4) is 0 Å². The molecule has 0 N–H and O–H groups in total. The first-order valence-corrected chi connectivity index (χ1v) is 23.1. The molecule has 0 heterocycles. The van der Waals surface area contributed by atoms with Crippen LogP contribution in [0.4, 0.5) is 0 Å². The van der Waals surface area contributed by atoms with Crippen LogP contribution in [0.2, 0.25) is 89.6 Å². The molecule has 0 aromatic heterocycles. The molecule has 130 valence electrons. The Balaban J connectivity index is 5.79. The third-order valence-corrected chi connectivity index (χ3v) is 11.8. The highest BCUT2D eigenvalue weighted by Gasteiger charge is 2.38. The summed E-state index contributed by atoms with van der Waals surface area (Å²) >= 11 is 0. The van der Waals surface area contributed by atoms with E-state index in [4.69, 9.17) is 0 Å². The summed E-state index contributed by atoms with van der Waals surface area (Å²) < 4.78 is 0. The van der Waals surface area contributed by atoms with Crippen LogP contribution in [0, 0.1) is 0 Å². The summed E-state index contributed by atoms with van der Waals surface area (Å²) in [6.07, 6.45) is 5.30. The molecular weight excluding hydrogens is 329 g/mol. The highest BCUT2D eigenvalue weighted by molar-refractivity contribution is 6.85. The van der Waals surface area contributed by atoms with E-state index >= 15 is 0 Å². The summed E-state index contributed by atoms with van der Waals surface area (Å²) in [5.74, 6) is 0. The molecule has 0 spiro atoms. The van der Waals surface area contributed by atoms with Gasteiger partial charge in [-0.1, -0.05) is 102 Å². The zero-order valence-corrected chi connectivity index (χ0v) is 21.5. The Morgan fingerprint density at radius 1 is 0.455 bits per heavy atom. The van der Waals surface area contributed by atoms with Crippen LogP contribution in [0.15, 0.2) is 23.6 Å². The molecule has 0 aromatic carbocycles. The van der Waals surface area contributed by atoms with E-state index in [2.05, 4.69) is 102 Å². The van der Waals surface area contributed by atoms with Crippen molar-refractivity contribution in [3.05, 3.63) is 23.6 Å². The van der Waals surface area contributed by atoms with E-state index in [9.17, 15) is 0 Å². The molecule has 0 amide bonds. The van der Waals surface area contributed by atoms with E-state index in [0.717, 1.165) is 11.1 Å². The molecule has 0 aliphatic heterocycles. The van der Waals surface area contributed by atoms with E-state index < -0.39 is 32.3 Å². The maximum atomic E-state index is 2.65. The normalized spacial score (nSPS) is 18.2. The average Bonchev–Trinajstić information content (AvgIpc) is 2.15. The van der Waals surface area contributed by atoms with Gasteiger partial charge in [0.05, 0.1) is 32.3 Å². The molecule has 0 rings (SSSR count). The molecule has 0 aliphatic carbocycles. The maximum absolute atomic E-state index is 2.65. The SMILES string of the molecule is C[Si](C)(C)/C=C/[C@H]([C@H](/C=C/[Si](C)(C)C)[Si](C)(C)C)[Si](C)(C)C. The molecule has 0 fully saturated rings. The Morgan fingerprint density at radius 3 is 0.818 bits per heavy atom. The highest BCUT2D eigenvalue weighted by atomic mass is 28.3. The first-order chi connectivity index (χ1) is 9.43. The Kier molecular flexibility index (Phi) is 7.61. The van der Waals surface area contributed by atoms with Gasteiger partial charge in [0, 0.05) is 0 Å². The van der Waals surface area contributed by atoms with Gasteiger partial charge in [0.15, 0.2) is 0 Å². The van der Waals surface area contributed by atoms with E-state index in [1.165, 1.54) is 0 Å². The molecule has 0 unspecified atom stereocenters. The third kappa shape index (κ3) is 9.48. The molecule has 4 heteroatoms. The summed E-state index contributed by atoms with van der Waals surface area (Å²) in [7, 11) is -4.69. The van der Waals surface area contributed by atoms with E-state index in [-0.39, 0.29) is 0 Å². The minimum Gasteiger partial charge on any atom is -0.0989 e. The molecule has 0 saturated carbocycles.